The molecule has 0 amide bonds. The Morgan fingerprint density at radius 3 is 1.51 bits per heavy atom. The van der Waals surface area contributed by atoms with Crippen molar-refractivity contribution in [3.05, 3.63) is 131 Å². The van der Waals surface area contributed by atoms with Crippen molar-refractivity contribution in [1.29, 1.82) is 0 Å². The molecule has 0 aliphatic carbocycles. The molecule has 0 unspecified atom stereocenters. The van der Waals surface area contributed by atoms with Gasteiger partial charge in [-0.1, -0.05) is 84.9 Å². The number of carbonyl (C=O) groups is 4. The minimum atomic E-state index is -0.862. The number of hydrogen-bond donors (Lipinski definition) is 2. The van der Waals surface area contributed by atoms with Crippen LogP contribution in [0.3, 0.4) is 0 Å². The number of allylic oxidation sites excluding steroid dienone is 2. The molecule has 0 aliphatic rings. The van der Waals surface area contributed by atoms with Crippen LogP contribution in [0.5, 0.6) is 23.0 Å². The van der Waals surface area contributed by atoms with Gasteiger partial charge in [0.25, 0.3) is 0 Å². The highest BCUT2D eigenvalue weighted by molar-refractivity contribution is 6.10. The van der Waals surface area contributed by atoms with Gasteiger partial charge in [0.15, 0.2) is 40.6 Å². The topological polar surface area (TPSA) is 159 Å². The highest BCUT2D eigenvalue weighted by Crippen LogP contribution is 2.30. The van der Waals surface area contributed by atoms with Crippen molar-refractivity contribution >= 4 is 35.7 Å². The van der Waals surface area contributed by atoms with Gasteiger partial charge in [-0.25, -0.2) is 9.59 Å². The minimum Gasteiger partial charge on any atom is -1.00 e. The van der Waals surface area contributed by atoms with Gasteiger partial charge in [0.1, 0.15) is 6.04 Å². The summed E-state index contributed by atoms with van der Waals surface area (Å²) in [6, 6.07) is 27.1. The fourth-order valence-corrected chi connectivity index (χ4v) is 4.72. The molecule has 0 spiro atoms. The predicted octanol–water partition coefficient (Wildman–Crippen LogP) is -1.80. The summed E-state index contributed by atoms with van der Waals surface area (Å²) >= 11 is 0. The molecule has 268 valence electrons. The van der Waals surface area contributed by atoms with Crippen LogP contribution in [0, 0.1) is 0 Å². The first kappa shape index (κ1) is 41.9. The van der Waals surface area contributed by atoms with Gasteiger partial charge in [-0.15, -0.1) is 0 Å². The maximum Gasteiger partial charge on any atom is 0.370 e. The van der Waals surface area contributed by atoms with Crippen LogP contribution in [0.25, 0.3) is 12.2 Å². The van der Waals surface area contributed by atoms with Crippen molar-refractivity contribution in [3.63, 3.8) is 0 Å². The molecule has 0 fully saturated rings. The van der Waals surface area contributed by atoms with Crippen molar-refractivity contribution in [2.45, 2.75) is 31.3 Å². The Morgan fingerprint density at radius 2 is 1.06 bits per heavy atom. The number of carbonyl (C=O) groups excluding carboxylic acids is 4. The minimum absolute atomic E-state index is 0. The van der Waals surface area contributed by atoms with Gasteiger partial charge in [-0.3, -0.25) is 9.59 Å². The quantitative estimate of drug-likeness (QED) is 0.0587. The van der Waals surface area contributed by atoms with Gasteiger partial charge in [0.2, 0.25) is 0 Å². The summed E-state index contributed by atoms with van der Waals surface area (Å²) in [4.78, 5) is 50.2. The highest BCUT2D eigenvalue weighted by Gasteiger charge is 2.22. The van der Waals surface area contributed by atoms with Gasteiger partial charge >= 0.3 is 11.9 Å². The van der Waals surface area contributed by atoms with Gasteiger partial charge in [0.05, 0.1) is 20.6 Å². The fourth-order valence-electron chi connectivity index (χ4n) is 4.72. The van der Waals surface area contributed by atoms with Crippen molar-refractivity contribution in [2.24, 2.45) is 5.73 Å². The SMILES string of the molecule is COc1cc(/C=C/C(=O)CC(=O)/C=C/c2ccc(OC(=O)[C@@H]([NH3+])Cc3ccccc3)c(OC)c2)ccc1OC(=O)[C@@H](N)Cc1ccccc1.[Cl-].[Cl-]. The fraction of sp³-hybridized carbons (Fsp3) is 0.179. The van der Waals surface area contributed by atoms with Gasteiger partial charge in [-0.2, -0.15) is 0 Å². The van der Waals surface area contributed by atoms with E-state index >= 15 is 0 Å². The normalized spacial score (nSPS) is 11.8. The third-order valence-corrected chi connectivity index (χ3v) is 7.33. The second kappa shape index (κ2) is 21.1. The lowest BCUT2D eigenvalue weighted by molar-refractivity contribution is -0.406. The molecule has 4 aromatic carbocycles. The lowest BCUT2D eigenvalue weighted by Crippen LogP contribution is -3.00. The van der Waals surface area contributed by atoms with E-state index < -0.39 is 35.6 Å². The number of methoxy groups -OCH3 is 2. The Bertz CT molecular complexity index is 1700. The zero-order chi connectivity index (χ0) is 35.2. The number of halogens is 2. The molecule has 0 saturated carbocycles. The summed E-state index contributed by atoms with van der Waals surface area (Å²) in [6.45, 7) is 0. The van der Waals surface area contributed by atoms with Gasteiger partial charge < -0.3 is 55.2 Å². The number of nitrogens with two attached hydrogens (primary N) is 1. The zero-order valence-electron chi connectivity index (χ0n) is 28.1. The smallest absolute Gasteiger partial charge is 0.370 e. The molecule has 0 radical (unpaired) electrons. The van der Waals surface area contributed by atoms with E-state index in [0.29, 0.717) is 29.7 Å². The molecular formula is C39H39Cl2N2O8-. The number of quaternary nitrogens is 1. The zero-order valence-corrected chi connectivity index (χ0v) is 29.6. The average molecular weight is 735 g/mol. The van der Waals surface area contributed by atoms with Crippen LogP contribution in [0.1, 0.15) is 28.7 Å². The highest BCUT2D eigenvalue weighted by atomic mass is 35.5. The second-order valence-electron chi connectivity index (χ2n) is 11.1. The monoisotopic (exact) mass is 733 g/mol. The van der Waals surface area contributed by atoms with E-state index in [1.165, 1.54) is 32.4 Å². The third-order valence-electron chi connectivity index (χ3n) is 7.33. The van der Waals surface area contributed by atoms with Gasteiger partial charge in [-0.05, 0) is 65.1 Å². The summed E-state index contributed by atoms with van der Waals surface area (Å²) < 4.78 is 21.8. The molecule has 0 bridgehead atoms. The van der Waals surface area contributed by atoms with Crippen molar-refractivity contribution in [2.75, 3.05) is 14.2 Å². The molecule has 0 aliphatic heterocycles. The Balaban J connectivity index is 0.00000451. The Labute approximate surface area is 309 Å². The summed E-state index contributed by atoms with van der Waals surface area (Å²) in [5.74, 6) is -0.907. The molecule has 0 aromatic heterocycles. The average Bonchev–Trinajstić information content (AvgIpc) is 3.11. The van der Waals surface area contributed by atoms with Crippen LogP contribution in [0.4, 0.5) is 0 Å². The van der Waals surface area contributed by atoms with Gasteiger partial charge in [0, 0.05) is 6.42 Å². The maximum atomic E-state index is 12.6. The first-order chi connectivity index (χ1) is 23.6. The molecule has 12 heteroatoms. The van der Waals surface area contributed by atoms with E-state index in [1.807, 2.05) is 60.7 Å². The number of ether oxygens (including phenoxy) is 4. The van der Waals surface area contributed by atoms with Crippen LogP contribution >= 0.6 is 0 Å². The van der Waals surface area contributed by atoms with E-state index in [-0.39, 0.29) is 48.5 Å². The van der Waals surface area contributed by atoms with Crippen LogP contribution < -0.4 is 55.2 Å². The van der Waals surface area contributed by atoms with Crippen molar-refractivity contribution in [3.8, 4) is 23.0 Å². The van der Waals surface area contributed by atoms with Crippen molar-refractivity contribution < 1.29 is 68.7 Å². The van der Waals surface area contributed by atoms with Crippen LogP contribution in [-0.4, -0.2) is 49.8 Å². The Morgan fingerprint density at radius 1 is 0.627 bits per heavy atom. The molecule has 4 aromatic rings. The summed E-state index contributed by atoms with van der Waals surface area (Å²) in [5.41, 5.74) is 13.0. The van der Waals surface area contributed by atoms with E-state index in [4.69, 9.17) is 24.7 Å². The summed E-state index contributed by atoms with van der Waals surface area (Å²) in [5, 5.41) is 0. The first-order valence-corrected chi connectivity index (χ1v) is 15.5. The second-order valence-corrected chi connectivity index (χ2v) is 11.1. The van der Waals surface area contributed by atoms with Crippen LogP contribution in [0.2, 0.25) is 0 Å². The van der Waals surface area contributed by atoms with E-state index in [2.05, 4.69) is 5.73 Å². The molecule has 10 nitrogen and oxygen atoms in total. The maximum absolute atomic E-state index is 12.6. The summed E-state index contributed by atoms with van der Waals surface area (Å²) in [6.07, 6.45) is 6.08. The first-order valence-electron chi connectivity index (χ1n) is 15.5. The van der Waals surface area contributed by atoms with Crippen LogP contribution in [-0.2, 0) is 32.0 Å². The third kappa shape index (κ3) is 13.2. The number of benzene rings is 4. The van der Waals surface area contributed by atoms with E-state index in [9.17, 15) is 19.2 Å². The number of ketones is 2. The largest absolute Gasteiger partial charge is 1.00 e. The van der Waals surface area contributed by atoms with E-state index in [0.717, 1.165) is 11.1 Å². The molecule has 0 heterocycles. The molecule has 5 N–H and O–H groups in total. The molecule has 0 saturated heterocycles. The molecular weight excluding hydrogens is 695 g/mol. The van der Waals surface area contributed by atoms with Crippen molar-refractivity contribution in [1.82, 2.24) is 0 Å². The number of hydrogen-bond acceptors (Lipinski definition) is 9. The van der Waals surface area contributed by atoms with Crippen LogP contribution in [0.15, 0.2) is 109 Å². The number of esters is 2. The predicted molar refractivity (Wildman–Crippen MR) is 185 cm³/mol. The lowest BCUT2D eigenvalue weighted by Gasteiger charge is -2.14. The Hall–Kier alpha value is -5.26. The molecule has 51 heavy (non-hydrogen) atoms. The standard InChI is InChI=1S/C39H38N2O8.2ClH/c1-46-36-23-28(15-19-34(36)48-38(44)32(40)21-26-9-5-3-6-10-26)13-17-30(42)25-31(43)18-14-29-16-20-35(37(24-29)47-2)49-39(45)33(41)22-27-11-7-4-8-12-27;;/h3-20,23-24,32-33H,21-22,25,40-41H2,1-2H3;2*1H/p-1/b17-13+,18-14+;;/t32-,33-;;/m0../s1. The summed E-state index contributed by atoms with van der Waals surface area (Å²) in [7, 11) is 2.88. The molecule has 2 atom stereocenters. The Kier molecular flexibility index (Phi) is 17.3. The lowest BCUT2D eigenvalue weighted by atomic mass is 10.1. The molecule has 4 rings (SSSR count). The van der Waals surface area contributed by atoms with E-state index in [1.54, 1.807) is 42.5 Å². The number of rotatable bonds is 16.